The first kappa shape index (κ1) is 18.6. The summed E-state index contributed by atoms with van der Waals surface area (Å²) in [6.45, 7) is 6.35. The molecule has 0 unspecified atom stereocenters. The third kappa shape index (κ3) is 3.39. The van der Waals surface area contributed by atoms with Crippen molar-refractivity contribution in [2.45, 2.75) is 63.8 Å². The minimum absolute atomic E-state index is 0.166. The van der Waals surface area contributed by atoms with Gasteiger partial charge in [0.2, 0.25) is 0 Å². The van der Waals surface area contributed by atoms with E-state index in [4.69, 9.17) is 4.52 Å². The molecule has 2 aromatic rings. The predicted molar refractivity (Wildman–Crippen MR) is 100 cm³/mol. The highest BCUT2D eigenvalue weighted by Crippen LogP contribution is 2.42. The number of hydrogen-bond donors (Lipinski definition) is 1. The monoisotopic (exact) mass is 384 g/mol. The van der Waals surface area contributed by atoms with Crippen molar-refractivity contribution in [1.29, 1.82) is 0 Å². The Kier molecular flexibility index (Phi) is 4.44. The van der Waals surface area contributed by atoms with Crippen LogP contribution in [0, 0.1) is 0 Å². The van der Waals surface area contributed by atoms with Crippen molar-refractivity contribution in [2.24, 2.45) is 0 Å². The van der Waals surface area contributed by atoms with Gasteiger partial charge in [-0.25, -0.2) is 4.79 Å². The second-order valence-corrected chi connectivity index (χ2v) is 8.60. The summed E-state index contributed by atoms with van der Waals surface area (Å²) in [5.41, 5.74) is 1.60. The first-order chi connectivity index (χ1) is 13.3. The van der Waals surface area contributed by atoms with Crippen LogP contribution in [0.4, 0.5) is 4.79 Å². The van der Waals surface area contributed by atoms with Gasteiger partial charge < -0.3 is 9.63 Å². The predicted octanol–water partition coefficient (Wildman–Crippen LogP) is 3.63. The Morgan fingerprint density at radius 2 is 2.00 bits per heavy atom. The van der Waals surface area contributed by atoms with Crippen molar-refractivity contribution in [2.75, 3.05) is 6.54 Å². The van der Waals surface area contributed by atoms with E-state index in [-0.39, 0.29) is 17.1 Å². The smallest absolute Gasteiger partial charge is 0.407 e. The van der Waals surface area contributed by atoms with Crippen LogP contribution in [-0.2, 0) is 5.41 Å². The zero-order valence-electron chi connectivity index (χ0n) is 16.3. The fourth-order valence-corrected chi connectivity index (χ4v) is 3.60. The number of likely N-dealkylation sites (tertiary alicyclic amines) is 1. The van der Waals surface area contributed by atoms with Crippen LogP contribution < -0.4 is 0 Å². The molecule has 1 saturated carbocycles. The Morgan fingerprint density at radius 1 is 1.25 bits per heavy atom. The average molecular weight is 384 g/mol. The lowest BCUT2D eigenvalue weighted by Crippen LogP contribution is -2.40. The minimum atomic E-state index is -1.05. The number of carbonyl (C=O) groups excluding carboxylic acids is 1. The van der Waals surface area contributed by atoms with Crippen molar-refractivity contribution in [1.82, 2.24) is 20.0 Å². The van der Waals surface area contributed by atoms with Gasteiger partial charge in [-0.2, -0.15) is 4.98 Å². The Bertz CT molecular complexity index is 927. The van der Waals surface area contributed by atoms with E-state index in [1.165, 1.54) is 4.90 Å². The number of rotatable bonds is 4. The number of amides is 1. The Labute approximate surface area is 163 Å². The van der Waals surface area contributed by atoms with Crippen molar-refractivity contribution >= 4 is 11.9 Å². The molecule has 1 aliphatic carbocycles. The molecule has 1 N–H and O–H groups in total. The topological polar surface area (TPSA) is 109 Å². The fraction of sp³-hybridized carbons (Fsp3) is 0.550. The molecule has 0 bridgehead atoms. The van der Waals surface area contributed by atoms with Gasteiger partial charge in [0, 0.05) is 23.7 Å². The van der Waals surface area contributed by atoms with Crippen molar-refractivity contribution in [3.8, 4) is 11.6 Å². The van der Waals surface area contributed by atoms with E-state index in [9.17, 15) is 14.7 Å². The summed E-state index contributed by atoms with van der Waals surface area (Å²) >= 11 is 0. The van der Waals surface area contributed by atoms with Gasteiger partial charge in [-0.05, 0) is 43.2 Å². The summed E-state index contributed by atoms with van der Waals surface area (Å²) < 4.78 is 5.37. The van der Waals surface area contributed by atoms with E-state index >= 15 is 0 Å². The standard InChI is InChI=1S/C20H24N4O4/c1-20(2,3)18-22-17(28-23-18)14-9-12(13(10-21-14)11-6-7-11)16(25)15-5-4-8-24(15)19(26)27/h9-11,15H,4-8H2,1-3H3,(H,26,27)/t15-/m0/s1. The van der Waals surface area contributed by atoms with Crippen LogP contribution >= 0.6 is 0 Å². The van der Waals surface area contributed by atoms with Gasteiger partial charge in [0.15, 0.2) is 11.6 Å². The zero-order valence-corrected chi connectivity index (χ0v) is 16.3. The molecule has 0 radical (unpaired) electrons. The number of carboxylic acid groups (broad SMARTS) is 1. The summed E-state index contributed by atoms with van der Waals surface area (Å²) in [5.74, 6) is 0.980. The van der Waals surface area contributed by atoms with Crippen LogP contribution in [-0.4, -0.2) is 49.6 Å². The molecule has 0 aromatic carbocycles. The van der Waals surface area contributed by atoms with Gasteiger partial charge in [-0.3, -0.25) is 14.7 Å². The highest BCUT2D eigenvalue weighted by molar-refractivity contribution is 6.03. The third-order valence-corrected chi connectivity index (χ3v) is 5.33. The number of nitrogens with zero attached hydrogens (tertiary/aromatic N) is 4. The molecule has 1 amide bonds. The van der Waals surface area contributed by atoms with Gasteiger partial charge in [0.05, 0.1) is 6.04 Å². The van der Waals surface area contributed by atoms with Gasteiger partial charge in [0.1, 0.15) is 5.69 Å². The van der Waals surface area contributed by atoms with Crippen LogP contribution in [0.1, 0.15) is 74.1 Å². The van der Waals surface area contributed by atoms with Gasteiger partial charge >= 0.3 is 6.09 Å². The Hall–Kier alpha value is -2.77. The van der Waals surface area contributed by atoms with Gasteiger partial charge in [-0.15, -0.1) is 0 Å². The van der Waals surface area contributed by atoms with E-state index in [0.717, 1.165) is 18.4 Å². The quantitative estimate of drug-likeness (QED) is 0.802. The van der Waals surface area contributed by atoms with E-state index in [1.807, 2.05) is 20.8 Å². The van der Waals surface area contributed by atoms with Crippen molar-refractivity contribution in [3.63, 3.8) is 0 Å². The molecule has 2 fully saturated rings. The van der Waals surface area contributed by atoms with Gasteiger partial charge in [-0.1, -0.05) is 25.9 Å². The van der Waals surface area contributed by atoms with Crippen molar-refractivity contribution in [3.05, 3.63) is 29.2 Å². The van der Waals surface area contributed by atoms with Gasteiger partial charge in [0.25, 0.3) is 5.89 Å². The number of Topliss-reactive ketones (excluding diaryl/α,β-unsaturated/α-hetero) is 1. The molecular weight excluding hydrogens is 360 g/mol. The van der Waals surface area contributed by atoms with E-state index in [2.05, 4.69) is 15.1 Å². The van der Waals surface area contributed by atoms with Crippen LogP contribution in [0.15, 0.2) is 16.8 Å². The zero-order chi connectivity index (χ0) is 20.1. The minimum Gasteiger partial charge on any atom is -0.465 e. The molecule has 4 rings (SSSR count). The molecule has 2 aromatic heterocycles. The lowest BCUT2D eigenvalue weighted by Gasteiger charge is -2.21. The van der Waals surface area contributed by atoms with E-state index in [0.29, 0.717) is 42.4 Å². The maximum Gasteiger partial charge on any atom is 0.407 e. The third-order valence-electron chi connectivity index (χ3n) is 5.33. The lowest BCUT2D eigenvalue weighted by molar-refractivity contribution is 0.0844. The first-order valence-electron chi connectivity index (χ1n) is 9.64. The molecule has 1 atom stereocenters. The largest absolute Gasteiger partial charge is 0.465 e. The van der Waals surface area contributed by atoms with Crippen molar-refractivity contribution < 1.29 is 19.2 Å². The van der Waals surface area contributed by atoms with Crippen LogP contribution in [0.2, 0.25) is 0 Å². The molecule has 2 aliphatic rings. The second kappa shape index (κ2) is 6.68. The highest BCUT2D eigenvalue weighted by Gasteiger charge is 2.38. The molecular formula is C20H24N4O4. The number of pyridine rings is 1. The molecule has 0 spiro atoms. The maximum atomic E-state index is 13.3. The second-order valence-electron chi connectivity index (χ2n) is 8.60. The number of aromatic nitrogens is 3. The summed E-state index contributed by atoms with van der Waals surface area (Å²) in [4.78, 5) is 34.9. The Balaban J connectivity index is 1.71. The van der Waals surface area contributed by atoms with E-state index in [1.54, 1.807) is 12.3 Å². The van der Waals surface area contributed by atoms with Crippen LogP contribution in [0.5, 0.6) is 0 Å². The maximum absolute atomic E-state index is 13.3. The molecule has 1 aliphatic heterocycles. The first-order valence-corrected chi connectivity index (χ1v) is 9.64. The van der Waals surface area contributed by atoms with Crippen LogP contribution in [0.25, 0.3) is 11.6 Å². The molecule has 3 heterocycles. The summed E-state index contributed by atoms with van der Waals surface area (Å²) in [5, 5.41) is 13.4. The van der Waals surface area contributed by atoms with E-state index < -0.39 is 12.1 Å². The summed E-state index contributed by atoms with van der Waals surface area (Å²) in [7, 11) is 0. The molecule has 148 valence electrons. The number of hydrogen-bond acceptors (Lipinski definition) is 6. The number of carbonyl (C=O) groups is 2. The average Bonchev–Trinajstić information content (AvgIpc) is 3.16. The molecule has 8 nitrogen and oxygen atoms in total. The lowest BCUT2D eigenvalue weighted by atomic mass is 9.95. The number of ketones is 1. The normalized spacial score (nSPS) is 19.8. The molecule has 28 heavy (non-hydrogen) atoms. The molecule has 1 saturated heterocycles. The fourth-order valence-electron chi connectivity index (χ4n) is 3.60. The highest BCUT2D eigenvalue weighted by atomic mass is 16.5. The SMILES string of the molecule is CC(C)(C)c1noc(-c2cc(C(=O)[C@@H]3CCCN3C(=O)O)c(C3CC3)cn2)n1. The Morgan fingerprint density at radius 3 is 2.61 bits per heavy atom. The summed E-state index contributed by atoms with van der Waals surface area (Å²) in [6, 6.07) is 1.05. The molecule has 8 heteroatoms. The summed E-state index contributed by atoms with van der Waals surface area (Å²) in [6.07, 6.45) is 3.93. The van der Waals surface area contributed by atoms with Crippen LogP contribution in [0.3, 0.4) is 0 Å².